The molecule has 2 heterocycles. The Labute approximate surface area is 150 Å². The predicted octanol–water partition coefficient (Wildman–Crippen LogP) is 2.13. The van der Waals surface area contributed by atoms with E-state index < -0.39 is 0 Å². The maximum atomic E-state index is 12.5. The van der Waals surface area contributed by atoms with Crippen LogP contribution in [0.5, 0.6) is 17.2 Å². The maximum absolute atomic E-state index is 12.5. The first-order valence-corrected chi connectivity index (χ1v) is 8.28. The van der Waals surface area contributed by atoms with E-state index in [1.807, 2.05) is 0 Å². The number of nitrogens with one attached hydrogen (secondary N) is 1. The smallest absolute Gasteiger partial charge is 0.254 e. The molecule has 2 amide bonds. The zero-order valence-electron chi connectivity index (χ0n) is 14.2. The lowest BCUT2D eigenvalue weighted by molar-refractivity contribution is -0.123. The van der Waals surface area contributed by atoms with Crippen LogP contribution in [-0.4, -0.2) is 43.7 Å². The summed E-state index contributed by atoms with van der Waals surface area (Å²) in [6, 6.07) is 12.2. The lowest BCUT2D eigenvalue weighted by atomic mass is 9.97. The summed E-state index contributed by atoms with van der Waals surface area (Å²) in [5.74, 6) is 1.52. The Morgan fingerprint density at radius 1 is 1.08 bits per heavy atom. The van der Waals surface area contributed by atoms with Crippen LogP contribution in [0.25, 0.3) is 0 Å². The van der Waals surface area contributed by atoms with Gasteiger partial charge in [0.2, 0.25) is 12.7 Å². The first-order chi connectivity index (χ1) is 12.6. The van der Waals surface area contributed by atoms with Gasteiger partial charge in [0.05, 0.1) is 13.0 Å². The molecular formula is C19H18N2O5. The molecule has 0 saturated carbocycles. The fourth-order valence-corrected chi connectivity index (χ4v) is 2.94. The van der Waals surface area contributed by atoms with E-state index in [1.54, 1.807) is 54.5 Å². The van der Waals surface area contributed by atoms with Crippen molar-refractivity contribution in [3.05, 3.63) is 48.0 Å². The van der Waals surface area contributed by atoms with Gasteiger partial charge in [0.15, 0.2) is 11.5 Å². The number of hydrogen-bond donors (Lipinski definition) is 1. The molecule has 0 bridgehead atoms. The van der Waals surface area contributed by atoms with Gasteiger partial charge in [-0.1, -0.05) is 0 Å². The lowest BCUT2D eigenvalue weighted by Gasteiger charge is -2.38. The second-order valence-corrected chi connectivity index (χ2v) is 6.19. The molecule has 0 atom stereocenters. The summed E-state index contributed by atoms with van der Waals surface area (Å²) in [7, 11) is 1.59. The number of hydrogen-bond acceptors (Lipinski definition) is 5. The number of amides is 2. The molecule has 2 aromatic carbocycles. The van der Waals surface area contributed by atoms with Crippen molar-refractivity contribution in [2.45, 2.75) is 0 Å². The molecule has 2 aliphatic heterocycles. The number of carbonyl (C=O) groups is 2. The highest BCUT2D eigenvalue weighted by atomic mass is 16.7. The summed E-state index contributed by atoms with van der Waals surface area (Å²) in [4.78, 5) is 26.4. The van der Waals surface area contributed by atoms with Crippen molar-refractivity contribution in [1.29, 1.82) is 0 Å². The van der Waals surface area contributed by atoms with E-state index in [0.717, 1.165) is 5.75 Å². The molecular weight excluding hydrogens is 336 g/mol. The number of fused-ring (bicyclic) bond motifs is 1. The summed E-state index contributed by atoms with van der Waals surface area (Å²) >= 11 is 0. The van der Waals surface area contributed by atoms with E-state index in [9.17, 15) is 9.59 Å². The van der Waals surface area contributed by atoms with Crippen LogP contribution >= 0.6 is 0 Å². The number of nitrogens with zero attached hydrogens (tertiary/aromatic N) is 1. The fraction of sp³-hybridized carbons (Fsp3) is 0.263. The quantitative estimate of drug-likeness (QED) is 0.910. The van der Waals surface area contributed by atoms with Crippen molar-refractivity contribution >= 4 is 17.5 Å². The first-order valence-electron chi connectivity index (χ1n) is 8.28. The number of anilines is 1. The minimum atomic E-state index is -0.213. The van der Waals surface area contributed by atoms with Crippen molar-refractivity contribution < 1.29 is 23.8 Å². The van der Waals surface area contributed by atoms with Crippen LogP contribution < -0.4 is 19.5 Å². The second kappa shape index (κ2) is 6.59. The standard InChI is InChI=1S/C19H18N2O5/c1-24-15-5-3-14(4-6-15)20-18(22)13-9-21(10-13)19(23)12-2-7-16-17(8-12)26-11-25-16/h2-8,13H,9-11H2,1H3,(H,20,22). The van der Waals surface area contributed by atoms with E-state index in [1.165, 1.54) is 0 Å². The van der Waals surface area contributed by atoms with Crippen LogP contribution in [0.2, 0.25) is 0 Å². The summed E-state index contributed by atoms with van der Waals surface area (Å²) in [6.07, 6.45) is 0. The van der Waals surface area contributed by atoms with Gasteiger partial charge in [-0.25, -0.2) is 0 Å². The maximum Gasteiger partial charge on any atom is 0.254 e. The molecule has 134 valence electrons. The SMILES string of the molecule is COc1ccc(NC(=O)C2CN(C(=O)c3ccc4c(c3)OCO4)C2)cc1. The van der Waals surface area contributed by atoms with Crippen molar-refractivity contribution in [3.8, 4) is 17.2 Å². The minimum Gasteiger partial charge on any atom is -0.497 e. The third kappa shape index (κ3) is 3.03. The molecule has 7 nitrogen and oxygen atoms in total. The predicted molar refractivity (Wildman–Crippen MR) is 93.6 cm³/mol. The average molecular weight is 354 g/mol. The van der Waals surface area contributed by atoms with Crippen LogP contribution in [-0.2, 0) is 4.79 Å². The van der Waals surface area contributed by atoms with Gasteiger partial charge >= 0.3 is 0 Å². The monoisotopic (exact) mass is 354 g/mol. The van der Waals surface area contributed by atoms with Crippen LogP contribution in [0, 0.1) is 5.92 Å². The molecule has 0 aromatic heterocycles. The Kier molecular flexibility index (Phi) is 4.12. The third-order valence-electron chi connectivity index (χ3n) is 4.52. The Bertz CT molecular complexity index is 844. The molecule has 2 aromatic rings. The van der Waals surface area contributed by atoms with E-state index in [2.05, 4.69) is 5.32 Å². The van der Waals surface area contributed by atoms with E-state index in [0.29, 0.717) is 35.8 Å². The molecule has 1 fully saturated rings. The number of carbonyl (C=O) groups excluding carboxylic acids is 2. The Hall–Kier alpha value is -3.22. The van der Waals surface area contributed by atoms with Gasteiger partial charge in [0, 0.05) is 24.3 Å². The lowest BCUT2D eigenvalue weighted by Crippen LogP contribution is -2.54. The summed E-state index contributed by atoms with van der Waals surface area (Å²) in [5, 5.41) is 2.86. The molecule has 4 rings (SSSR count). The number of benzene rings is 2. The molecule has 0 spiro atoms. The van der Waals surface area contributed by atoms with Gasteiger partial charge in [-0.2, -0.15) is 0 Å². The average Bonchev–Trinajstić information content (AvgIpc) is 3.08. The van der Waals surface area contributed by atoms with Gasteiger partial charge in [-0.3, -0.25) is 9.59 Å². The number of methoxy groups -OCH3 is 1. The molecule has 26 heavy (non-hydrogen) atoms. The zero-order valence-corrected chi connectivity index (χ0v) is 14.2. The van der Waals surface area contributed by atoms with Crippen LogP contribution in [0.15, 0.2) is 42.5 Å². The van der Waals surface area contributed by atoms with Crippen molar-refractivity contribution in [1.82, 2.24) is 4.90 Å². The number of likely N-dealkylation sites (tertiary alicyclic amines) is 1. The Morgan fingerprint density at radius 3 is 2.54 bits per heavy atom. The molecule has 0 radical (unpaired) electrons. The largest absolute Gasteiger partial charge is 0.497 e. The minimum absolute atomic E-state index is 0.0927. The molecule has 0 unspecified atom stereocenters. The Morgan fingerprint density at radius 2 is 1.81 bits per heavy atom. The number of ether oxygens (including phenoxy) is 3. The van der Waals surface area contributed by atoms with Gasteiger partial charge in [0.1, 0.15) is 5.75 Å². The summed E-state index contributed by atoms with van der Waals surface area (Å²) in [6.45, 7) is 0.967. The highest BCUT2D eigenvalue weighted by Crippen LogP contribution is 2.33. The van der Waals surface area contributed by atoms with E-state index in [-0.39, 0.29) is 24.5 Å². The third-order valence-corrected chi connectivity index (χ3v) is 4.52. The molecule has 1 N–H and O–H groups in total. The van der Waals surface area contributed by atoms with E-state index >= 15 is 0 Å². The van der Waals surface area contributed by atoms with Gasteiger partial charge in [-0.05, 0) is 42.5 Å². The molecule has 2 aliphatic rings. The fourth-order valence-electron chi connectivity index (χ4n) is 2.94. The number of rotatable bonds is 4. The molecule has 0 aliphatic carbocycles. The van der Waals surface area contributed by atoms with E-state index in [4.69, 9.17) is 14.2 Å². The highest BCUT2D eigenvalue weighted by molar-refractivity contribution is 5.99. The summed E-state index contributed by atoms with van der Waals surface area (Å²) in [5.41, 5.74) is 1.24. The highest BCUT2D eigenvalue weighted by Gasteiger charge is 2.36. The van der Waals surface area contributed by atoms with Crippen molar-refractivity contribution in [2.75, 3.05) is 32.3 Å². The van der Waals surface area contributed by atoms with Crippen LogP contribution in [0.1, 0.15) is 10.4 Å². The van der Waals surface area contributed by atoms with Gasteiger partial charge in [0.25, 0.3) is 5.91 Å². The molecule has 1 saturated heterocycles. The zero-order chi connectivity index (χ0) is 18.1. The van der Waals surface area contributed by atoms with Crippen molar-refractivity contribution in [3.63, 3.8) is 0 Å². The van der Waals surface area contributed by atoms with Gasteiger partial charge < -0.3 is 24.4 Å². The summed E-state index contributed by atoms with van der Waals surface area (Å²) < 4.78 is 15.6. The topological polar surface area (TPSA) is 77.1 Å². The van der Waals surface area contributed by atoms with Crippen LogP contribution in [0.4, 0.5) is 5.69 Å². The second-order valence-electron chi connectivity index (χ2n) is 6.19. The first kappa shape index (κ1) is 16.3. The van der Waals surface area contributed by atoms with Crippen molar-refractivity contribution in [2.24, 2.45) is 5.92 Å². The van der Waals surface area contributed by atoms with Gasteiger partial charge in [-0.15, -0.1) is 0 Å². The molecule has 7 heteroatoms. The Balaban J connectivity index is 1.32. The van der Waals surface area contributed by atoms with Crippen LogP contribution in [0.3, 0.4) is 0 Å². The normalized spacial score (nSPS) is 15.3.